The first-order chi connectivity index (χ1) is 9.49. The molecule has 0 saturated heterocycles. The van der Waals surface area contributed by atoms with E-state index >= 15 is 0 Å². The van der Waals surface area contributed by atoms with E-state index in [0.717, 1.165) is 12.1 Å². The van der Waals surface area contributed by atoms with E-state index in [1.165, 1.54) is 0 Å². The minimum absolute atomic E-state index is 0.177. The zero-order valence-electron chi connectivity index (χ0n) is 10.2. The number of alkyl halides is 6. The molecule has 0 fully saturated rings. The number of benzene rings is 1. The van der Waals surface area contributed by atoms with Crippen molar-refractivity contribution in [2.45, 2.75) is 12.4 Å². The molecule has 0 saturated carbocycles. The van der Waals surface area contributed by atoms with Crippen molar-refractivity contribution >= 4 is 27.5 Å². The molecule has 1 aromatic carbocycles. The highest BCUT2D eigenvalue weighted by molar-refractivity contribution is 9.10. The summed E-state index contributed by atoms with van der Waals surface area (Å²) in [6.07, 6.45) is -9.06. The Morgan fingerprint density at radius 1 is 1.14 bits per heavy atom. The molecule has 10 heteroatoms. The lowest BCUT2D eigenvalue weighted by Crippen LogP contribution is -2.35. The topological polar surface area (TPSA) is 41.1 Å². The van der Waals surface area contributed by atoms with Crippen LogP contribution in [0, 0.1) is 0 Å². The number of anilines is 1. The van der Waals surface area contributed by atoms with Gasteiger partial charge in [-0.15, -0.1) is 0 Å². The zero-order chi connectivity index (χ0) is 16.3. The summed E-state index contributed by atoms with van der Waals surface area (Å²) in [5, 5.41) is 3.93. The third-order valence-corrected chi connectivity index (χ3v) is 2.87. The van der Waals surface area contributed by atoms with Crippen molar-refractivity contribution in [3.05, 3.63) is 28.2 Å². The number of halogens is 7. The Morgan fingerprint density at radius 2 is 1.76 bits per heavy atom. The smallest absolute Gasteiger partial charge is 0.324 e. The largest absolute Gasteiger partial charge is 0.416 e. The molecule has 118 valence electrons. The Balaban J connectivity index is 2.68. The fourth-order valence-electron chi connectivity index (χ4n) is 1.31. The Hall–Kier alpha value is -1.29. The van der Waals surface area contributed by atoms with Crippen LogP contribution in [0.5, 0.6) is 0 Å². The molecule has 3 nitrogen and oxygen atoms in total. The first kappa shape index (κ1) is 17.8. The lowest BCUT2D eigenvalue weighted by Gasteiger charge is -2.12. The van der Waals surface area contributed by atoms with Gasteiger partial charge >= 0.3 is 12.4 Å². The molecule has 21 heavy (non-hydrogen) atoms. The van der Waals surface area contributed by atoms with Crippen LogP contribution in [0.15, 0.2) is 22.7 Å². The average Bonchev–Trinajstić information content (AvgIpc) is 2.28. The van der Waals surface area contributed by atoms with E-state index in [9.17, 15) is 31.1 Å². The molecular formula is C11H9BrF6N2O. The second-order valence-corrected chi connectivity index (χ2v) is 4.81. The van der Waals surface area contributed by atoms with Crippen LogP contribution in [0.4, 0.5) is 32.0 Å². The van der Waals surface area contributed by atoms with Gasteiger partial charge in [0.25, 0.3) is 0 Å². The summed E-state index contributed by atoms with van der Waals surface area (Å²) < 4.78 is 73.3. The van der Waals surface area contributed by atoms with Crippen molar-refractivity contribution in [3.8, 4) is 0 Å². The van der Waals surface area contributed by atoms with Gasteiger partial charge < -0.3 is 10.6 Å². The third-order valence-electron chi connectivity index (χ3n) is 2.18. The maximum Gasteiger partial charge on any atom is 0.416 e. The van der Waals surface area contributed by atoms with E-state index in [1.807, 2.05) is 5.32 Å². The van der Waals surface area contributed by atoms with Crippen LogP contribution >= 0.6 is 15.9 Å². The van der Waals surface area contributed by atoms with Crippen molar-refractivity contribution in [1.82, 2.24) is 5.32 Å². The fraction of sp³-hybridized carbons (Fsp3) is 0.364. The van der Waals surface area contributed by atoms with Gasteiger partial charge in [0.2, 0.25) is 5.91 Å². The van der Waals surface area contributed by atoms with Crippen LogP contribution in [-0.4, -0.2) is 25.2 Å². The minimum atomic E-state index is -4.59. The van der Waals surface area contributed by atoms with Crippen molar-refractivity contribution in [3.63, 3.8) is 0 Å². The number of carbonyl (C=O) groups excluding carboxylic acids is 1. The van der Waals surface area contributed by atoms with Crippen LogP contribution < -0.4 is 10.6 Å². The predicted molar refractivity (Wildman–Crippen MR) is 66.7 cm³/mol. The maximum absolute atomic E-state index is 12.5. The predicted octanol–water partition coefficient (Wildman–Crippen LogP) is 3.56. The number of rotatable bonds is 4. The normalized spacial score (nSPS) is 12.3. The van der Waals surface area contributed by atoms with Crippen LogP contribution in [0.1, 0.15) is 5.56 Å². The van der Waals surface area contributed by atoms with Crippen LogP contribution in [0.25, 0.3) is 0 Å². The van der Waals surface area contributed by atoms with Crippen molar-refractivity contribution in [2.24, 2.45) is 0 Å². The number of hydrogen-bond acceptors (Lipinski definition) is 2. The highest BCUT2D eigenvalue weighted by Gasteiger charge is 2.31. The van der Waals surface area contributed by atoms with Gasteiger partial charge in [-0.25, -0.2) is 0 Å². The van der Waals surface area contributed by atoms with Gasteiger partial charge in [0.05, 0.1) is 24.3 Å². The van der Waals surface area contributed by atoms with Crippen molar-refractivity contribution in [2.75, 3.05) is 18.4 Å². The van der Waals surface area contributed by atoms with E-state index in [2.05, 4.69) is 21.2 Å². The molecule has 0 heterocycles. The first-order valence-corrected chi connectivity index (χ1v) is 6.22. The van der Waals surface area contributed by atoms with Crippen molar-refractivity contribution in [1.29, 1.82) is 0 Å². The van der Waals surface area contributed by atoms with Gasteiger partial charge in [0, 0.05) is 4.47 Å². The Labute approximate surface area is 123 Å². The maximum atomic E-state index is 12.5. The highest BCUT2D eigenvalue weighted by atomic mass is 79.9. The molecule has 0 aliphatic rings. The summed E-state index contributed by atoms with van der Waals surface area (Å²) in [6, 6.07) is 2.58. The van der Waals surface area contributed by atoms with Gasteiger partial charge in [-0.3, -0.25) is 4.79 Å². The molecule has 1 rings (SSSR count). The molecule has 2 N–H and O–H groups in total. The molecule has 0 radical (unpaired) electrons. The number of hydrogen-bond donors (Lipinski definition) is 2. The Bertz CT molecular complexity index is 514. The molecular weight excluding hydrogens is 370 g/mol. The lowest BCUT2D eigenvalue weighted by atomic mass is 10.2. The molecule has 0 unspecified atom stereocenters. The molecule has 0 spiro atoms. The second-order valence-electron chi connectivity index (χ2n) is 3.96. The van der Waals surface area contributed by atoms with Crippen LogP contribution in [0.2, 0.25) is 0 Å². The van der Waals surface area contributed by atoms with E-state index in [-0.39, 0.29) is 10.2 Å². The van der Waals surface area contributed by atoms with Gasteiger partial charge in [0.1, 0.15) is 0 Å². The van der Waals surface area contributed by atoms with Gasteiger partial charge in [0.15, 0.2) is 0 Å². The van der Waals surface area contributed by atoms with E-state index in [4.69, 9.17) is 0 Å². The summed E-state index contributed by atoms with van der Waals surface area (Å²) in [4.78, 5) is 11.4. The number of carbonyl (C=O) groups is 1. The van der Waals surface area contributed by atoms with Gasteiger partial charge in [-0.05, 0) is 34.1 Å². The molecule has 1 amide bonds. The quantitative estimate of drug-likeness (QED) is 0.786. The number of amides is 1. The first-order valence-electron chi connectivity index (χ1n) is 5.43. The van der Waals surface area contributed by atoms with Crippen molar-refractivity contribution < 1.29 is 31.1 Å². The Morgan fingerprint density at radius 3 is 2.29 bits per heavy atom. The van der Waals surface area contributed by atoms with Crippen LogP contribution in [0.3, 0.4) is 0 Å². The lowest BCUT2D eigenvalue weighted by molar-refractivity contribution is -0.137. The molecule has 0 atom stereocenters. The standard InChI is InChI=1S/C11H9BrF6N2O/c12-7-2-1-6(11(16,17)18)3-8(7)20-9(21)4-19-5-10(13,14)15/h1-3,19H,4-5H2,(H,20,21). The average molecular weight is 379 g/mol. The molecule has 0 bridgehead atoms. The summed E-state index contributed by atoms with van der Waals surface area (Å²) >= 11 is 2.94. The van der Waals surface area contributed by atoms with Gasteiger partial charge in [-0.2, -0.15) is 26.3 Å². The summed E-state index contributed by atoms with van der Waals surface area (Å²) in [7, 11) is 0. The number of nitrogens with one attached hydrogen (secondary N) is 2. The third kappa shape index (κ3) is 6.34. The molecule has 0 aliphatic carbocycles. The van der Waals surface area contributed by atoms with E-state index in [1.54, 1.807) is 0 Å². The molecule has 1 aromatic rings. The zero-order valence-corrected chi connectivity index (χ0v) is 11.8. The summed E-state index contributed by atoms with van der Waals surface area (Å²) in [5.74, 6) is -0.890. The SMILES string of the molecule is O=C(CNCC(F)(F)F)Nc1cc(C(F)(F)F)ccc1Br. The minimum Gasteiger partial charge on any atom is -0.324 e. The van der Waals surface area contributed by atoms with Crippen LogP contribution in [-0.2, 0) is 11.0 Å². The Kier molecular flexibility index (Phi) is 5.62. The highest BCUT2D eigenvalue weighted by Crippen LogP contribution is 2.33. The monoisotopic (exact) mass is 378 g/mol. The van der Waals surface area contributed by atoms with E-state index < -0.39 is 36.9 Å². The summed E-state index contributed by atoms with van der Waals surface area (Å²) in [6.45, 7) is -2.05. The fourth-order valence-corrected chi connectivity index (χ4v) is 1.66. The molecule has 0 aromatic heterocycles. The summed E-state index contributed by atoms with van der Waals surface area (Å²) in [5.41, 5.74) is -1.16. The molecule has 0 aliphatic heterocycles. The van der Waals surface area contributed by atoms with Gasteiger partial charge in [-0.1, -0.05) is 0 Å². The second kappa shape index (κ2) is 6.65. The van der Waals surface area contributed by atoms with E-state index in [0.29, 0.717) is 6.07 Å².